The first kappa shape index (κ1) is 17.2. The third-order valence-corrected chi connectivity index (χ3v) is 6.70. The lowest BCUT2D eigenvalue weighted by Gasteiger charge is -2.30. The normalized spacial score (nSPS) is 24.0. The number of fused-ring (bicyclic) bond motifs is 1. The number of urea groups is 1. The highest BCUT2D eigenvalue weighted by molar-refractivity contribution is 7.91. The Kier molecular flexibility index (Phi) is 5.08. The molecule has 2 aliphatic rings. The molecule has 24 heavy (non-hydrogen) atoms. The number of sulfone groups is 1. The standard InChI is InChI=1S/C17H25N3O3S/c1-24(22,23)15-9-5-4-8-14(15)19-17(21)20-16-10-12-6-2-3-7-13(12)11-18-16/h10-11,14-15H,2-9H2,1H3,(H2,18,19,20,21)/t14-,15-/m1/s1. The molecule has 2 N–H and O–H groups in total. The van der Waals surface area contributed by atoms with E-state index in [1.807, 2.05) is 12.3 Å². The fraction of sp³-hybridized carbons (Fsp3) is 0.647. The van der Waals surface area contributed by atoms with Crippen LogP contribution < -0.4 is 10.6 Å². The Labute approximate surface area is 143 Å². The molecule has 132 valence electrons. The van der Waals surface area contributed by atoms with E-state index in [9.17, 15) is 13.2 Å². The summed E-state index contributed by atoms with van der Waals surface area (Å²) >= 11 is 0. The molecule has 0 spiro atoms. The predicted octanol–water partition coefficient (Wildman–Crippen LogP) is 2.44. The minimum Gasteiger partial charge on any atom is -0.334 e. The lowest BCUT2D eigenvalue weighted by Crippen LogP contribution is -2.49. The van der Waals surface area contributed by atoms with Crippen LogP contribution in [-0.4, -0.2) is 37.0 Å². The summed E-state index contributed by atoms with van der Waals surface area (Å²) < 4.78 is 23.8. The van der Waals surface area contributed by atoms with Gasteiger partial charge in [-0.05, 0) is 55.7 Å². The highest BCUT2D eigenvalue weighted by atomic mass is 32.2. The second-order valence-corrected chi connectivity index (χ2v) is 9.17. The lowest BCUT2D eigenvalue weighted by atomic mass is 9.93. The second kappa shape index (κ2) is 7.09. The van der Waals surface area contributed by atoms with Crippen molar-refractivity contribution in [1.82, 2.24) is 10.3 Å². The fourth-order valence-electron chi connectivity index (χ4n) is 3.78. The van der Waals surface area contributed by atoms with Crippen LogP contribution in [0.2, 0.25) is 0 Å². The van der Waals surface area contributed by atoms with Gasteiger partial charge in [0.25, 0.3) is 0 Å². The molecule has 0 aromatic carbocycles. The molecule has 1 aromatic heterocycles. The number of rotatable bonds is 3. The van der Waals surface area contributed by atoms with Crippen LogP contribution in [0.4, 0.5) is 10.6 Å². The summed E-state index contributed by atoms with van der Waals surface area (Å²) in [5, 5.41) is 5.10. The van der Waals surface area contributed by atoms with Crippen molar-refractivity contribution in [2.24, 2.45) is 0 Å². The first-order valence-electron chi connectivity index (χ1n) is 8.67. The van der Waals surface area contributed by atoms with Gasteiger partial charge in [0, 0.05) is 18.5 Å². The molecule has 1 aromatic rings. The van der Waals surface area contributed by atoms with Gasteiger partial charge in [-0.15, -0.1) is 0 Å². The van der Waals surface area contributed by atoms with Crippen molar-refractivity contribution in [3.8, 4) is 0 Å². The van der Waals surface area contributed by atoms with E-state index in [1.54, 1.807) is 0 Å². The Morgan fingerprint density at radius 2 is 1.83 bits per heavy atom. The van der Waals surface area contributed by atoms with E-state index in [4.69, 9.17) is 0 Å². The highest BCUT2D eigenvalue weighted by Crippen LogP contribution is 2.25. The molecule has 0 aliphatic heterocycles. The first-order valence-corrected chi connectivity index (χ1v) is 10.6. The Morgan fingerprint density at radius 3 is 2.58 bits per heavy atom. The van der Waals surface area contributed by atoms with Crippen LogP contribution in [0.3, 0.4) is 0 Å². The second-order valence-electron chi connectivity index (χ2n) is 6.90. The zero-order chi connectivity index (χ0) is 17.2. The van der Waals surface area contributed by atoms with E-state index in [1.165, 1.54) is 30.2 Å². The maximum atomic E-state index is 12.3. The van der Waals surface area contributed by atoms with Gasteiger partial charge in [-0.1, -0.05) is 12.8 Å². The third-order valence-electron chi connectivity index (χ3n) is 5.04. The molecule has 3 rings (SSSR count). The average Bonchev–Trinajstić information content (AvgIpc) is 2.54. The quantitative estimate of drug-likeness (QED) is 0.875. The van der Waals surface area contributed by atoms with Crippen molar-refractivity contribution in [2.75, 3.05) is 11.6 Å². The van der Waals surface area contributed by atoms with Crippen molar-refractivity contribution < 1.29 is 13.2 Å². The number of carbonyl (C=O) groups excluding carboxylic acids is 1. The van der Waals surface area contributed by atoms with Gasteiger partial charge >= 0.3 is 6.03 Å². The Balaban J connectivity index is 1.64. The van der Waals surface area contributed by atoms with Crippen molar-refractivity contribution in [3.63, 3.8) is 0 Å². The molecule has 1 saturated carbocycles. The minimum atomic E-state index is -3.16. The van der Waals surface area contributed by atoms with Gasteiger partial charge in [0.1, 0.15) is 5.82 Å². The fourth-order valence-corrected chi connectivity index (χ4v) is 5.17. The smallest absolute Gasteiger partial charge is 0.320 e. The number of hydrogen-bond donors (Lipinski definition) is 2. The third kappa shape index (κ3) is 4.06. The zero-order valence-corrected chi connectivity index (χ0v) is 14.9. The highest BCUT2D eigenvalue weighted by Gasteiger charge is 2.33. The van der Waals surface area contributed by atoms with Crippen LogP contribution in [-0.2, 0) is 22.7 Å². The SMILES string of the molecule is CS(=O)(=O)[C@@H]1CCCC[C@H]1NC(=O)Nc1cc2c(cn1)CCCC2. The molecule has 2 aliphatic carbocycles. The van der Waals surface area contributed by atoms with Gasteiger partial charge < -0.3 is 5.32 Å². The molecule has 0 radical (unpaired) electrons. The molecule has 1 fully saturated rings. The van der Waals surface area contributed by atoms with Gasteiger partial charge in [-0.3, -0.25) is 5.32 Å². The summed E-state index contributed by atoms with van der Waals surface area (Å²) in [5.41, 5.74) is 2.51. The molecule has 6 nitrogen and oxygen atoms in total. The summed E-state index contributed by atoms with van der Waals surface area (Å²) in [5.74, 6) is 0.528. The topological polar surface area (TPSA) is 88.2 Å². The van der Waals surface area contributed by atoms with Gasteiger partial charge in [0.15, 0.2) is 9.84 Å². The van der Waals surface area contributed by atoms with Crippen LogP contribution in [0, 0.1) is 0 Å². The van der Waals surface area contributed by atoms with Crippen molar-refractivity contribution in [2.45, 2.75) is 62.7 Å². The molecule has 0 saturated heterocycles. The van der Waals surface area contributed by atoms with E-state index in [0.717, 1.165) is 25.7 Å². The van der Waals surface area contributed by atoms with E-state index in [0.29, 0.717) is 18.7 Å². The number of hydrogen-bond acceptors (Lipinski definition) is 4. The number of carbonyl (C=O) groups is 1. The van der Waals surface area contributed by atoms with Gasteiger partial charge in [-0.2, -0.15) is 0 Å². The monoisotopic (exact) mass is 351 g/mol. The summed E-state index contributed by atoms with van der Waals surface area (Å²) in [4.78, 5) is 16.6. The van der Waals surface area contributed by atoms with E-state index in [-0.39, 0.29) is 12.1 Å². The maximum absolute atomic E-state index is 12.3. The van der Waals surface area contributed by atoms with Crippen LogP contribution in [0.1, 0.15) is 49.7 Å². The summed E-state index contributed by atoms with van der Waals surface area (Å²) in [7, 11) is -3.16. The lowest BCUT2D eigenvalue weighted by molar-refractivity contribution is 0.244. The van der Waals surface area contributed by atoms with E-state index in [2.05, 4.69) is 15.6 Å². The number of nitrogens with one attached hydrogen (secondary N) is 2. The molecule has 0 bridgehead atoms. The average molecular weight is 351 g/mol. The number of nitrogens with zero attached hydrogens (tertiary/aromatic N) is 1. The molecule has 2 amide bonds. The molecule has 7 heteroatoms. The van der Waals surface area contributed by atoms with Crippen LogP contribution in [0.15, 0.2) is 12.3 Å². The number of anilines is 1. The van der Waals surface area contributed by atoms with Crippen molar-refractivity contribution in [3.05, 3.63) is 23.4 Å². The molecular weight excluding hydrogens is 326 g/mol. The molecular formula is C17H25N3O3S. The predicted molar refractivity (Wildman–Crippen MR) is 93.9 cm³/mol. The summed E-state index contributed by atoms with van der Waals surface area (Å²) in [6, 6.07) is 1.23. The number of aromatic nitrogens is 1. The summed E-state index contributed by atoms with van der Waals surface area (Å²) in [6.07, 6.45) is 10.7. The Morgan fingerprint density at radius 1 is 1.12 bits per heavy atom. The largest absolute Gasteiger partial charge is 0.334 e. The van der Waals surface area contributed by atoms with Crippen LogP contribution >= 0.6 is 0 Å². The van der Waals surface area contributed by atoms with Crippen LogP contribution in [0.5, 0.6) is 0 Å². The number of amides is 2. The van der Waals surface area contributed by atoms with Crippen LogP contribution in [0.25, 0.3) is 0 Å². The zero-order valence-electron chi connectivity index (χ0n) is 14.0. The van der Waals surface area contributed by atoms with Gasteiger partial charge in [0.2, 0.25) is 0 Å². The Hall–Kier alpha value is -1.63. The van der Waals surface area contributed by atoms with E-state index < -0.39 is 15.1 Å². The molecule has 2 atom stereocenters. The van der Waals surface area contributed by atoms with E-state index >= 15 is 0 Å². The van der Waals surface area contributed by atoms with Gasteiger partial charge in [-0.25, -0.2) is 18.2 Å². The first-order chi connectivity index (χ1) is 11.4. The summed E-state index contributed by atoms with van der Waals surface area (Å²) in [6.45, 7) is 0. The molecule has 1 heterocycles. The number of aryl methyl sites for hydroxylation is 2. The van der Waals surface area contributed by atoms with Crippen molar-refractivity contribution in [1.29, 1.82) is 0 Å². The Bertz CT molecular complexity index is 718. The minimum absolute atomic E-state index is 0.327. The molecule has 0 unspecified atom stereocenters. The van der Waals surface area contributed by atoms with Gasteiger partial charge in [0.05, 0.1) is 5.25 Å². The number of pyridine rings is 1. The maximum Gasteiger partial charge on any atom is 0.320 e. The van der Waals surface area contributed by atoms with Crippen molar-refractivity contribution >= 4 is 21.7 Å².